The molecule has 1 N–H and O–H groups in total. The Balaban J connectivity index is 2.65. The molecule has 17 heavy (non-hydrogen) atoms. The monoisotopic (exact) mass is 252 g/mol. The van der Waals surface area contributed by atoms with Crippen LogP contribution in [0, 0.1) is 5.92 Å². The molecule has 1 aromatic carbocycles. The first-order chi connectivity index (χ1) is 7.78. The first kappa shape index (κ1) is 13.8. The summed E-state index contributed by atoms with van der Waals surface area (Å²) >= 11 is 0. The minimum Gasteiger partial charge on any atom is -0.544 e. The van der Waals surface area contributed by atoms with Gasteiger partial charge in [-0.25, -0.2) is 0 Å². The van der Waals surface area contributed by atoms with Gasteiger partial charge in [0.05, 0.1) is 5.92 Å². The molecule has 0 aliphatic carbocycles. The van der Waals surface area contributed by atoms with Gasteiger partial charge in [-0.05, 0) is 43.8 Å². The highest BCUT2D eigenvalue weighted by molar-refractivity contribution is 6.70. The number of carboxylic acid groups (broad SMARTS) is 1. The second kappa shape index (κ2) is 5.36. The quantitative estimate of drug-likeness (QED) is 0.819. The van der Waals surface area contributed by atoms with Crippen LogP contribution in [0.15, 0.2) is 24.3 Å². The van der Waals surface area contributed by atoms with Crippen LogP contribution >= 0.6 is 0 Å². The Kier molecular flexibility index (Phi) is 4.34. The number of benzene rings is 1. The molecule has 0 saturated carbocycles. The van der Waals surface area contributed by atoms with E-state index in [1.54, 1.807) is 6.92 Å². The molecule has 0 aromatic heterocycles. The maximum atomic E-state index is 10.7. The predicted octanol–water partition coefficient (Wildman–Crippen LogP) is 3.16. The molecule has 1 rings (SSSR count). The minimum atomic E-state index is -1.56. The van der Waals surface area contributed by atoms with Gasteiger partial charge in [0.2, 0.25) is 8.32 Å². The average molecular weight is 252 g/mol. The molecule has 0 saturated heterocycles. The van der Waals surface area contributed by atoms with E-state index in [0.717, 1.165) is 11.3 Å². The maximum Gasteiger partial charge on any atom is 0.306 e. The molecule has 0 aliphatic heterocycles. The van der Waals surface area contributed by atoms with Crippen molar-refractivity contribution in [2.75, 3.05) is 0 Å². The molecule has 0 bridgehead atoms. The molecule has 4 heteroatoms. The average Bonchev–Trinajstić information content (AvgIpc) is 2.18. The number of aliphatic carboxylic acids is 1. The SMILES string of the molecule is CC(Cc1ccc(O[Si](C)(C)C)cc1)C(=O)O. The van der Waals surface area contributed by atoms with E-state index in [4.69, 9.17) is 9.53 Å². The standard InChI is InChI=1S/C13H20O3Si/c1-10(13(14)15)9-11-5-7-12(8-6-11)16-17(2,3)4/h5-8,10H,9H2,1-4H3,(H,14,15). The van der Waals surface area contributed by atoms with Crippen molar-refractivity contribution in [2.45, 2.75) is 33.0 Å². The van der Waals surface area contributed by atoms with Gasteiger partial charge in [-0.15, -0.1) is 0 Å². The second-order valence-electron chi connectivity index (χ2n) is 5.30. The summed E-state index contributed by atoms with van der Waals surface area (Å²) in [4.78, 5) is 10.7. The first-order valence-electron chi connectivity index (χ1n) is 5.79. The topological polar surface area (TPSA) is 46.5 Å². The summed E-state index contributed by atoms with van der Waals surface area (Å²) in [6, 6.07) is 7.72. The van der Waals surface area contributed by atoms with E-state index in [-0.39, 0.29) is 5.92 Å². The van der Waals surface area contributed by atoms with Crippen LogP contribution in [0.4, 0.5) is 0 Å². The van der Waals surface area contributed by atoms with Crippen molar-refractivity contribution < 1.29 is 14.3 Å². The zero-order valence-corrected chi connectivity index (χ0v) is 11.9. The van der Waals surface area contributed by atoms with Crippen molar-refractivity contribution in [3.8, 4) is 5.75 Å². The van der Waals surface area contributed by atoms with E-state index in [0.29, 0.717) is 6.42 Å². The highest BCUT2D eigenvalue weighted by Gasteiger charge is 2.16. The zero-order valence-electron chi connectivity index (χ0n) is 10.9. The number of hydrogen-bond acceptors (Lipinski definition) is 2. The molecule has 0 fully saturated rings. The summed E-state index contributed by atoms with van der Waals surface area (Å²) in [7, 11) is -1.56. The molecule has 0 amide bonds. The molecular formula is C13H20O3Si. The summed E-state index contributed by atoms with van der Waals surface area (Å²) in [5.41, 5.74) is 1.03. The summed E-state index contributed by atoms with van der Waals surface area (Å²) in [6.07, 6.45) is 0.558. The Bertz CT molecular complexity index is 379. The highest BCUT2D eigenvalue weighted by Crippen LogP contribution is 2.18. The van der Waals surface area contributed by atoms with Crippen molar-refractivity contribution in [1.29, 1.82) is 0 Å². The molecule has 0 heterocycles. The van der Waals surface area contributed by atoms with Gasteiger partial charge in [0.15, 0.2) is 0 Å². The fourth-order valence-electron chi connectivity index (χ4n) is 1.49. The van der Waals surface area contributed by atoms with Crippen molar-refractivity contribution in [3.05, 3.63) is 29.8 Å². The largest absolute Gasteiger partial charge is 0.544 e. The van der Waals surface area contributed by atoms with Crippen LogP contribution in [0.1, 0.15) is 12.5 Å². The van der Waals surface area contributed by atoms with Gasteiger partial charge >= 0.3 is 5.97 Å². The van der Waals surface area contributed by atoms with Crippen molar-refractivity contribution in [1.82, 2.24) is 0 Å². The van der Waals surface area contributed by atoms with Crippen molar-refractivity contribution in [3.63, 3.8) is 0 Å². The Hall–Kier alpha value is -1.29. The third-order valence-electron chi connectivity index (χ3n) is 2.31. The van der Waals surface area contributed by atoms with Crippen LogP contribution in [0.2, 0.25) is 19.6 Å². The molecule has 1 atom stereocenters. The summed E-state index contributed by atoms with van der Waals surface area (Å²) in [5, 5.41) is 8.83. The van der Waals surface area contributed by atoms with Crippen LogP contribution in [-0.2, 0) is 11.2 Å². The Morgan fingerprint density at radius 1 is 1.29 bits per heavy atom. The van der Waals surface area contributed by atoms with Gasteiger partial charge in [0, 0.05) is 0 Å². The number of hydrogen-bond donors (Lipinski definition) is 1. The third kappa shape index (κ3) is 5.04. The van der Waals surface area contributed by atoms with E-state index in [9.17, 15) is 4.79 Å². The summed E-state index contributed by atoms with van der Waals surface area (Å²) < 4.78 is 5.83. The minimum absolute atomic E-state index is 0.348. The molecular weight excluding hydrogens is 232 g/mol. The van der Waals surface area contributed by atoms with Crippen LogP contribution in [0.5, 0.6) is 5.75 Å². The van der Waals surface area contributed by atoms with Gasteiger partial charge < -0.3 is 9.53 Å². The molecule has 0 aliphatic rings. The predicted molar refractivity (Wildman–Crippen MR) is 70.9 cm³/mol. The molecule has 0 spiro atoms. The van der Waals surface area contributed by atoms with Crippen LogP contribution in [-0.4, -0.2) is 19.4 Å². The number of carboxylic acids is 1. The molecule has 1 aromatic rings. The van der Waals surface area contributed by atoms with Crippen LogP contribution < -0.4 is 4.43 Å². The number of carbonyl (C=O) groups is 1. The Labute approximate surface area is 104 Å². The Morgan fingerprint density at radius 2 is 1.82 bits per heavy atom. The lowest BCUT2D eigenvalue weighted by atomic mass is 10.0. The van der Waals surface area contributed by atoms with Crippen molar-refractivity contribution in [2.24, 2.45) is 5.92 Å². The molecule has 1 unspecified atom stereocenters. The second-order valence-corrected chi connectivity index (χ2v) is 9.73. The fraction of sp³-hybridized carbons (Fsp3) is 0.462. The lowest BCUT2D eigenvalue weighted by Crippen LogP contribution is -2.29. The van der Waals surface area contributed by atoms with E-state index in [1.165, 1.54) is 0 Å². The first-order valence-corrected chi connectivity index (χ1v) is 9.19. The summed E-state index contributed by atoms with van der Waals surface area (Å²) in [5.74, 6) is -0.234. The van der Waals surface area contributed by atoms with Gasteiger partial charge in [-0.2, -0.15) is 0 Å². The van der Waals surface area contributed by atoms with Gasteiger partial charge in [0.25, 0.3) is 0 Å². The van der Waals surface area contributed by atoms with Crippen molar-refractivity contribution >= 4 is 14.3 Å². The molecule has 0 radical (unpaired) electrons. The van der Waals surface area contributed by atoms with Gasteiger partial charge in [-0.3, -0.25) is 4.79 Å². The lowest BCUT2D eigenvalue weighted by molar-refractivity contribution is -0.141. The van der Waals surface area contributed by atoms with Crippen LogP contribution in [0.3, 0.4) is 0 Å². The normalized spacial score (nSPS) is 13.2. The van der Waals surface area contributed by atoms with E-state index >= 15 is 0 Å². The zero-order chi connectivity index (χ0) is 13.1. The lowest BCUT2D eigenvalue weighted by Gasteiger charge is -2.19. The number of rotatable bonds is 5. The fourth-order valence-corrected chi connectivity index (χ4v) is 2.33. The van der Waals surface area contributed by atoms with Gasteiger partial charge in [0.1, 0.15) is 5.75 Å². The maximum absolute atomic E-state index is 10.7. The highest BCUT2D eigenvalue weighted by atomic mass is 28.4. The van der Waals surface area contributed by atoms with Crippen LogP contribution in [0.25, 0.3) is 0 Å². The van der Waals surface area contributed by atoms with Gasteiger partial charge in [-0.1, -0.05) is 19.1 Å². The Morgan fingerprint density at radius 3 is 2.24 bits per heavy atom. The van der Waals surface area contributed by atoms with E-state index < -0.39 is 14.3 Å². The molecule has 3 nitrogen and oxygen atoms in total. The third-order valence-corrected chi connectivity index (χ3v) is 3.16. The summed E-state index contributed by atoms with van der Waals surface area (Å²) in [6.45, 7) is 8.11. The van der Waals surface area contributed by atoms with E-state index in [2.05, 4.69) is 19.6 Å². The molecule has 94 valence electrons. The van der Waals surface area contributed by atoms with E-state index in [1.807, 2.05) is 24.3 Å². The smallest absolute Gasteiger partial charge is 0.306 e.